The molecule has 0 N–H and O–H groups in total. The molecule has 4 aromatic carbocycles. The summed E-state index contributed by atoms with van der Waals surface area (Å²) >= 11 is -0.533. The van der Waals surface area contributed by atoms with Gasteiger partial charge in [-0.15, -0.1) is 0 Å². The maximum atomic E-state index is 2.26. The SMILES string of the molecule is CN(C)c1ccc([Te]c2ccc(N(C)C)cc2)cc1.CN(C)c1ccc([Te]c2ccc(N(C)C)cc2)cc1.[Cl-].[Cl-]. The molecule has 0 heterocycles. The number of anilines is 4. The Bertz CT molecular complexity index is 1040. The van der Waals surface area contributed by atoms with Gasteiger partial charge in [0.1, 0.15) is 0 Å². The predicted molar refractivity (Wildman–Crippen MR) is 173 cm³/mol. The van der Waals surface area contributed by atoms with Crippen molar-refractivity contribution in [3.8, 4) is 0 Å². The zero-order valence-corrected chi connectivity index (χ0v) is 30.8. The molecule has 0 spiro atoms. The summed E-state index contributed by atoms with van der Waals surface area (Å²) < 4.78 is 5.92. The fourth-order valence-corrected chi connectivity index (χ4v) is 8.18. The van der Waals surface area contributed by atoms with Crippen molar-refractivity contribution in [1.82, 2.24) is 0 Å². The van der Waals surface area contributed by atoms with Gasteiger partial charge in [-0.2, -0.15) is 0 Å². The molecule has 4 nitrogen and oxygen atoms in total. The van der Waals surface area contributed by atoms with Gasteiger partial charge in [0.2, 0.25) is 0 Å². The summed E-state index contributed by atoms with van der Waals surface area (Å²) in [6.07, 6.45) is 0. The Morgan fingerprint density at radius 2 is 0.450 bits per heavy atom. The van der Waals surface area contributed by atoms with Gasteiger partial charge in [0.25, 0.3) is 0 Å². The van der Waals surface area contributed by atoms with Crippen molar-refractivity contribution in [2.24, 2.45) is 0 Å². The van der Waals surface area contributed by atoms with Gasteiger partial charge in [0, 0.05) is 0 Å². The minimum Gasteiger partial charge on any atom is -1.00 e. The second-order valence-corrected chi connectivity index (χ2v) is 16.3. The molecule has 0 saturated carbocycles. The molecule has 0 atom stereocenters. The van der Waals surface area contributed by atoms with Crippen LogP contribution >= 0.6 is 0 Å². The molecule has 0 aliphatic heterocycles. The van der Waals surface area contributed by atoms with Gasteiger partial charge in [-0.3, -0.25) is 0 Å². The number of hydrogen-bond donors (Lipinski definition) is 0. The van der Waals surface area contributed by atoms with Crippen LogP contribution in [0.5, 0.6) is 0 Å². The normalized spacial score (nSPS) is 9.80. The zero-order chi connectivity index (χ0) is 27.7. The van der Waals surface area contributed by atoms with Gasteiger partial charge in [0.15, 0.2) is 0 Å². The van der Waals surface area contributed by atoms with Gasteiger partial charge in [-0.1, -0.05) is 0 Å². The Morgan fingerprint density at radius 3 is 0.575 bits per heavy atom. The van der Waals surface area contributed by atoms with Crippen LogP contribution < -0.4 is 58.9 Å². The van der Waals surface area contributed by atoms with E-state index in [9.17, 15) is 0 Å². The molecule has 0 bridgehead atoms. The van der Waals surface area contributed by atoms with Crippen LogP contribution in [0.1, 0.15) is 0 Å². The maximum Gasteiger partial charge on any atom is -1.00 e. The Morgan fingerprint density at radius 1 is 0.300 bits per heavy atom. The quantitative estimate of drug-likeness (QED) is 0.176. The molecule has 0 amide bonds. The monoisotopic (exact) mass is 810 g/mol. The summed E-state index contributed by atoms with van der Waals surface area (Å²) in [7, 11) is 16.6. The first-order valence-corrected chi connectivity index (χ1v) is 17.2. The van der Waals surface area contributed by atoms with Crippen LogP contribution in [-0.4, -0.2) is 98.2 Å². The third-order valence-electron chi connectivity index (χ3n) is 5.88. The molecular weight excluding hydrogens is 766 g/mol. The second-order valence-electron chi connectivity index (χ2n) is 9.76. The fraction of sp³-hybridized carbons (Fsp3) is 0.250. The van der Waals surface area contributed by atoms with Gasteiger partial charge in [-0.25, -0.2) is 0 Å². The second kappa shape index (κ2) is 17.9. The van der Waals surface area contributed by atoms with Crippen LogP contribution in [0, 0.1) is 0 Å². The summed E-state index contributed by atoms with van der Waals surface area (Å²) in [4.78, 5) is 8.54. The number of benzene rings is 4. The molecule has 8 heteroatoms. The first-order chi connectivity index (χ1) is 18.1. The van der Waals surface area contributed by atoms with E-state index >= 15 is 0 Å². The van der Waals surface area contributed by atoms with Crippen molar-refractivity contribution in [2.45, 2.75) is 0 Å². The molecule has 216 valence electrons. The van der Waals surface area contributed by atoms with E-state index in [1.165, 1.54) is 37.2 Å². The molecule has 0 unspecified atom stereocenters. The van der Waals surface area contributed by atoms with Crippen LogP contribution in [0.15, 0.2) is 97.1 Å². The Hall–Kier alpha value is -1.76. The van der Waals surface area contributed by atoms with E-state index in [4.69, 9.17) is 0 Å². The van der Waals surface area contributed by atoms with E-state index in [0.717, 1.165) is 0 Å². The summed E-state index contributed by atoms with van der Waals surface area (Å²) in [5.41, 5.74) is 5.05. The number of halogens is 2. The Balaban J connectivity index is 0.000000381. The standard InChI is InChI=1S/2C16H20N2Te.2ClH/c2*1-17(2)13-5-9-15(10-6-13)19-16-11-7-14(8-12-16)18(3)4;;/h2*5-12H,1-4H3;2*1H/p-2. The zero-order valence-electron chi connectivity index (χ0n) is 24.6. The van der Waals surface area contributed by atoms with E-state index in [2.05, 4.69) is 173 Å². The Kier molecular flexibility index (Phi) is 16.2. The largest absolute Gasteiger partial charge is 1.00 e. The van der Waals surface area contributed by atoms with Crippen molar-refractivity contribution in [3.05, 3.63) is 97.1 Å². The molecular formula is C32H40Cl2N4Te2-2. The van der Waals surface area contributed by atoms with Crippen molar-refractivity contribution < 1.29 is 24.8 Å². The van der Waals surface area contributed by atoms with Crippen LogP contribution in [0.4, 0.5) is 22.7 Å². The van der Waals surface area contributed by atoms with E-state index in [1.807, 2.05) is 0 Å². The average molecular weight is 807 g/mol. The van der Waals surface area contributed by atoms with Crippen molar-refractivity contribution in [2.75, 3.05) is 76.0 Å². The average Bonchev–Trinajstić information content (AvgIpc) is 2.90. The number of nitrogens with zero attached hydrogens (tertiary/aromatic N) is 4. The van der Waals surface area contributed by atoms with Crippen LogP contribution in [-0.2, 0) is 0 Å². The first-order valence-electron chi connectivity index (χ1n) is 12.6. The molecule has 40 heavy (non-hydrogen) atoms. The topological polar surface area (TPSA) is 13.0 Å². The fourth-order valence-electron chi connectivity index (χ4n) is 3.52. The van der Waals surface area contributed by atoms with Gasteiger partial charge < -0.3 is 24.8 Å². The van der Waals surface area contributed by atoms with Crippen LogP contribution in [0.3, 0.4) is 0 Å². The summed E-state index contributed by atoms with van der Waals surface area (Å²) in [5.74, 6) is 0. The molecule has 4 rings (SSSR count). The molecule has 4 aromatic rings. The third-order valence-corrected chi connectivity index (χ3v) is 11.7. The van der Waals surface area contributed by atoms with Crippen LogP contribution in [0.25, 0.3) is 0 Å². The minimum atomic E-state index is -0.267. The summed E-state index contributed by atoms with van der Waals surface area (Å²) in [6.45, 7) is 0. The minimum absolute atomic E-state index is 0. The predicted octanol–water partition coefficient (Wildman–Crippen LogP) is -3.04. The molecule has 0 radical (unpaired) electrons. The van der Waals surface area contributed by atoms with E-state index in [-0.39, 0.29) is 66.7 Å². The molecule has 0 aliphatic rings. The van der Waals surface area contributed by atoms with Gasteiger partial charge in [0.05, 0.1) is 0 Å². The van der Waals surface area contributed by atoms with Gasteiger partial charge >= 0.3 is 252 Å². The van der Waals surface area contributed by atoms with E-state index in [0.29, 0.717) is 0 Å². The van der Waals surface area contributed by atoms with Crippen molar-refractivity contribution in [1.29, 1.82) is 0 Å². The molecule has 0 fully saturated rings. The molecule has 0 aliphatic carbocycles. The summed E-state index contributed by atoms with van der Waals surface area (Å²) in [5, 5.41) is 0. The first kappa shape index (κ1) is 36.3. The van der Waals surface area contributed by atoms with Crippen LogP contribution in [0.2, 0.25) is 0 Å². The smallest absolute Gasteiger partial charge is 1.00 e. The maximum absolute atomic E-state index is 2.26. The number of rotatable bonds is 8. The van der Waals surface area contributed by atoms with E-state index < -0.39 is 0 Å². The number of hydrogen-bond acceptors (Lipinski definition) is 4. The van der Waals surface area contributed by atoms with Crippen molar-refractivity contribution >= 4 is 79.0 Å². The van der Waals surface area contributed by atoms with E-state index in [1.54, 1.807) is 0 Å². The molecule has 0 aromatic heterocycles. The molecule has 0 saturated heterocycles. The third kappa shape index (κ3) is 11.6. The van der Waals surface area contributed by atoms with Crippen molar-refractivity contribution in [3.63, 3.8) is 0 Å². The summed E-state index contributed by atoms with van der Waals surface area (Å²) in [6, 6.07) is 35.7. The van der Waals surface area contributed by atoms with Gasteiger partial charge in [-0.05, 0) is 0 Å². The Labute approximate surface area is 274 Å².